The first kappa shape index (κ1) is 8.70. The number of aryl methyl sites for hydroxylation is 1. The Bertz CT molecular complexity index is 322. The monoisotopic (exact) mass is 168 g/mol. The van der Waals surface area contributed by atoms with Gasteiger partial charge in [0.1, 0.15) is 0 Å². The highest BCUT2D eigenvalue weighted by Gasteiger charge is 2.01. The molecule has 1 aromatic heterocycles. The molecule has 0 saturated heterocycles. The third-order valence-electron chi connectivity index (χ3n) is 1.39. The molecule has 0 atom stereocenters. The van der Waals surface area contributed by atoms with E-state index in [1.165, 1.54) is 9.36 Å². The van der Waals surface area contributed by atoms with Crippen molar-refractivity contribution in [1.29, 1.82) is 0 Å². The van der Waals surface area contributed by atoms with Crippen molar-refractivity contribution in [2.75, 3.05) is 0 Å². The van der Waals surface area contributed by atoms with Crippen LogP contribution in [0.4, 0.5) is 0 Å². The minimum Gasteiger partial charge on any atom is -0.244 e. The molecule has 0 aliphatic heterocycles. The van der Waals surface area contributed by atoms with Crippen molar-refractivity contribution in [3.05, 3.63) is 16.6 Å². The lowest BCUT2D eigenvalue weighted by Crippen LogP contribution is -2.22. The van der Waals surface area contributed by atoms with Crippen LogP contribution < -0.4 is 5.69 Å². The van der Waals surface area contributed by atoms with Crippen molar-refractivity contribution in [1.82, 2.24) is 19.8 Å². The molecule has 1 heterocycles. The van der Waals surface area contributed by atoms with E-state index in [9.17, 15) is 4.79 Å². The fourth-order valence-electron chi connectivity index (χ4n) is 0.873. The highest BCUT2D eigenvalue weighted by molar-refractivity contribution is 5.15. The molecule has 0 fully saturated rings. The van der Waals surface area contributed by atoms with Crippen LogP contribution in [0.15, 0.2) is 10.9 Å². The summed E-state index contributed by atoms with van der Waals surface area (Å²) in [4.78, 5) is 11.3. The molecule has 0 aliphatic carbocycles. The summed E-state index contributed by atoms with van der Waals surface area (Å²) in [7, 11) is 0. The molecule has 0 bridgehead atoms. The number of nitrogens with zero attached hydrogens (tertiary/aromatic N) is 4. The van der Waals surface area contributed by atoms with Gasteiger partial charge in [-0.3, -0.25) is 0 Å². The molecule has 5 nitrogen and oxygen atoms in total. The Hall–Kier alpha value is -1.39. The normalized spacial score (nSPS) is 11.2. The largest absolute Gasteiger partial charge is 0.367 e. The van der Waals surface area contributed by atoms with Crippen LogP contribution >= 0.6 is 0 Å². The van der Waals surface area contributed by atoms with Gasteiger partial charge < -0.3 is 0 Å². The first-order chi connectivity index (χ1) is 5.79. The van der Waals surface area contributed by atoms with Gasteiger partial charge in [0.2, 0.25) is 0 Å². The zero-order chi connectivity index (χ0) is 8.97. The molecule has 0 spiro atoms. The second kappa shape index (κ2) is 3.85. The molecule has 0 aliphatic rings. The zero-order valence-electron chi connectivity index (χ0n) is 7.27. The average molecular weight is 168 g/mol. The van der Waals surface area contributed by atoms with Crippen LogP contribution in [0.25, 0.3) is 6.20 Å². The van der Waals surface area contributed by atoms with E-state index in [0.29, 0.717) is 6.54 Å². The molecule has 0 N–H and O–H groups in total. The van der Waals surface area contributed by atoms with Crippen molar-refractivity contribution in [2.24, 2.45) is 0 Å². The van der Waals surface area contributed by atoms with E-state index in [-0.39, 0.29) is 5.69 Å². The minimum absolute atomic E-state index is 0.185. The van der Waals surface area contributed by atoms with E-state index in [0.717, 1.165) is 6.42 Å². The molecule has 66 valence electrons. The Morgan fingerprint density at radius 2 is 2.25 bits per heavy atom. The van der Waals surface area contributed by atoms with E-state index in [1.807, 2.05) is 13.8 Å². The van der Waals surface area contributed by atoms with Gasteiger partial charge in [-0.25, -0.2) is 4.79 Å². The van der Waals surface area contributed by atoms with Gasteiger partial charge in [-0.2, -0.15) is 9.36 Å². The molecular formula is C7H12N4O. The Balaban J connectivity index is 2.97. The summed E-state index contributed by atoms with van der Waals surface area (Å²) < 4.78 is 2.57. The summed E-state index contributed by atoms with van der Waals surface area (Å²) in [5.74, 6) is 0. The third-order valence-corrected chi connectivity index (χ3v) is 1.39. The summed E-state index contributed by atoms with van der Waals surface area (Å²) in [5.41, 5.74) is -0.185. The third kappa shape index (κ3) is 1.61. The van der Waals surface area contributed by atoms with Crippen LogP contribution in [-0.4, -0.2) is 19.8 Å². The number of hydrogen-bond donors (Lipinski definition) is 0. The van der Waals surface area contributed by atoms with Crippen molar-refractivity contribution < 1.29 is 0 Å². The number of aromatic nitrogens is 4. The van der Waals surface area contributed by atoms with E-state index >= 15 is 0 Å². The van der Waals surface area contributed by atoms with Crippen molar-refractivity contribution in [3.8, 4) is 0 Å². The van der Waals surface area contributed by atoms with Gasteiger partial charge in [0, 0.05) is 12.7 Å². The maximum atomic E-state index is 11.3. The Labute approximate surface area is 70.3 Å². The average Bonchev–Trinajstić information content (AvgIpc) is 2.38. The lowest BCUT2D eigenvalue weighted by Gasteiger charge is -1.89. The molecule has 1 aromatic rings. The summed E-state index contributed by atoms with van der Waals surface area (Å²) in [6, 6.07) is 0. The lowest BCUT2D eigenvalue weighted by molar-refractivity contribution is 0.564. The van der Waals surface area contributed by atoms with Crippen molar-refractivity contribution in [2.45, 2.75) is 26.8 Å². The molecule has 0 radical (unpaired) electrons. The Morgan fingerprint density at radius 3 is 2.83 bits per heavy atom. The molecule has 0 unspecified atom stereocenters. The first-order valence-electron chi connectivity index (χ1n) is 3.94. The van der Waals surface area contributed by atoms with Gasteiger partial charge in [-0.05, 0) is 23.8 Å². The van der Waals surface area contributed by atoms with Crippen LogP contribution in [0.5, 0.6) is 0 Å². The zero-order valence-corrected chi connectivity index (χ0v) is 7.27. The minimum atomic E-state index is -0.185. The van der Waals surface area contributed by atoms with Gasteiger partial charge in [0.05, 0.1) is 0 Å². The maximum Gasteiger partial charge on any atom is 0.367 e. The van der Waals surface area contributed by atoms with E-state index in [2.05, 4.69) is 10.4 Å². The van der Waals surface area contributed by atoms with Gasteiger partial charge >= 0.3 is 5.69 Å². The molecule has 5 heteroatoms. The molecular weight excluding hydrogens is 156 g/mol. The number of rotatable bonds is 3. The lowest BCUT2D eigenvalue weighted by atomic mass is 10.5. The smallest absolute Gasteiger partial charge is 0.244 e. The predicted molar refractivity (Wildman–Crippen MR) is 45.6 cm³/mol. The van der Waals surface area contributed by atoms with E-state index in [1.54, 1.807) is 12.3 Å². The highest BCUT2D eigenvalue weighted by atomic mass is 16.2. The fraction of sp³-hybridized carbons (Fsp3) is 0.571. The summed E-state index contributed by atoms with van der Waals surface area (Å²) >= 11 is 0. The first-order valence-corrected chi connectivity index (χ1v) is 3.94. The van der Waals surface area contributed by atoms with Crippen LogP contribution in [0.3, 0.4) is 0 Å². The van der Waals surface area contributed by atoms with Gasteiger partial charge in [0.25, 0.3) is 0 Å². The molecule has 1 rings (SSSR count). The standard InChI is InChI=1S/C7H12N4O/c1-3-5-10-7(12)11(6-4-2)9-8-10/h3,5H,4,6H2,1-2H3/b5-3+. The highest BCUT2D eigenvalue weighted by Crippen LogP contribution is 1.81. The van der Waals surface area contributed by atoms with E-state index in [4.69, 9.17) is 0 Å². The summed E-state index contributed by atoms with van der Waals surface area (Å²) in [6.45, 7) is 4.43. The molecule has 12 heavy (non-hydrogen) atoms. The second-order valence-electron chi connectivity index (χ2n) is 2.41. The topological polar surface area (TPSA) is 52.7 Å². The number of allylic oxidation sites excluding steroid dienone is 1. The van der Waals surface area contributed by atoms with Crippen LogP contribution in [0.2, 0.25) is 0 Å². The summed E-state index contributed by atoms with van der Waals surface area (Å²) in [6.07, 6.45) is 4.21. The molecule has 0 amide bonds. The molecule has 0 saturated carbocycles. The SMILES string of the molecule is C/C=C/n1nnn(CCC)c1=O. The second-order valence-corrected chi connectivity index (χ2v) is 2.41. The predicted octanol–water partition coefficient (Wildman–Crippen LogP) is 0.340. The van der Waals surface area contributed by atoms with Crippen LogP contribution in [0.1, 0.15) is 20.3 Å². The van der Waals surface area contributed by atoms with Crippen molar-refractivity contribution in [3.63, 3.8) is 0 Å². The summed E-state index contributed by atoms with van der Waals surface area (Å²) in [5, 5.41) is 7.34. The number of hydrogen-bond acceptors (Lipinski definition) is 3. The maximum absolute atomic E-state index is 11.3. The van der Waals surface area contributed by atoms with Gasteiger partial charge in [0.15, 0.2) is 0 Å². The van der Waals surface area contributed by atoms with Crippen LogP contribution in [-0.2, 0) is 6.54 Å². The molecule has 0 aromatic carbocycles. The van der Waals surface area contributed by atoms with Gasteiger partial charge in [-0.15, -0.1) is 0 Å². The Kier molecular flexibility index (Phi) is 2.79. The van der Waals surface area contributed by atoms with Crippen LogP contribution in [0, 0.1) is 0 Å². The van der Waals surface area contributed by atoms with Gasteiger partial charge in [-0.1, -0.05) is 13.0 Å². The number of tetrazole rings is 1. The quantitative estimate of drug-likeness (QED) is 0.654. The van der Waals surface area contributed by atoms with E-state index < -0.39 is 0 Å². The Morgan fingerprint density at radius 1 is 1.50 bits per heavy atom. The fourth-order valence-corrected chi connectivity index (χ4v) is 0.873. The van der Waals surface area contributed by atoms with Crippen molar-refractivity contribution >= 4 is 6.20 Å².